The van der Waals surface area contributed by atoms with Crippen LogP contribution >= 0.6 is 0 Å². The van der Waals surface area contributed by atoms with Gasteiger partial charge in [-0.25, -0.2) is 4.98 Å². The minimum absolute atomic E-state index is 0.0862. The highest BCUT2D eigenvalue weighted by atomic mass is 16.3. The number of imidazole rings is 1. The molecule has 0 radical (unpaired) electrons. The molecule has 1 aromatic heterocycles. The number of amides is 1. The van der Waals surface area contributed by atoms with Gasteiger partial charge in [-0.1, -0.05) is 12.8 Å². The molecule has 2 atom stereocenters. The van der Waals surface area contributed by atoms with Crippen LogP contribution in [0.15, 0.2) is 12.4 Å². The van der Waals surface area contributed by atoms with Gasteiger partial charge in [0, 0.05) is 25.5 Å². The van der Waals surface area contributed by atoms with E-state index in [1.165, 1.54) is 12.8 Å². The van der Waals surface area contributed by atoms with Gasteiger partial charge in [0.15, 0.2) is 0 Å². The maximum atomic E-state index is 12.4. The largest absolute Gasteiger partial charge is 0.385 e. The molecule has 1 aliphatic heterocycles. The van der Waals surface area contributed by atoms with Crippen molar-refractivity contribution in [3.63, 3.8) is 0 Å². The predicted octanol–water partition coefficient (Wildman–Crippen LogP) is 1.61. The van der Waals surface area contributed by atoms with Crippen LogP contribution in [0.1, 0.15) is 57.4 Å². The summed E-state index contributed by atoms with van der Waals surface area (Å²) in [6.07, 6.45) is 9.57. The van der Waals surface area contributed by atoms with Gasteiger partial charge in [0.2, 0.25) is 5.91 Å². The van der Waals surface area contributed by atoms with E-state index in [0.717, 1.165) is 44.6 Å². The number of carbonyl (C=O) groups is 1. The summed E-state index contributed by atoms with van der Waals surface area (Å²) in [5.41, 5.74) is 0. The Hall–Kier alpha value is -1.40. The van der Waals surface area contributed by atoms with Crippen LogP contribution in [-0.2, 0) is 11.8 Å². The van der Waals surface area contributed by atoms with E-state index < -0.39 is 6.10 Å². The Kier molecular flexibility index (Phi) is 5.56. The molecule has 1 saturated carbocycles. The lowest BCUT2D eigenvalue weighted by Crippen LogP contribution is -2.50. The minimum atomic E-state index is -0.519. The van der Waals surface area contributed by atoms with Crippen molar-refractivity contribution in [1.82, 2.24) is 19.8 Å². The highest BCUT2D eigenvalue weighted by Crippen LogP contribution is 2.30. The average Bonchev–Trinajstić information content (AvgIpc) is 3.25. The van der Waals surface area contributed by atoms with Gasteiger partial charge < -0.3 is 15.0 Å². The zero-order valence-electron chi connectivity index (χ0n) is 14.8. The van der Waals surface area contributed by atoms with E-state index in [2.05, 4.69) is 15.2 Å². The first-order chi connectivity index (χ1) is 11.6. The molecule has 2 N–H and O–H groups in total. The van der Waals surface area contributed by atoms with Gasteiger partial charge in [0.1, 0.15) is 11.9 Å². The molecule has 2 aliphatic rings. The van der Waals surface area contributed by atoms with Crippen molar-refractivity contribution in [1.29, 1.82) is 0 Å². The van der Waals surface area contributed by atoms with Crippen LogP contribution in [0.5, 0.6) is 0 Å². The number of aryl methyl sites for hydroxylation is 1. The number of hydrogen-bond acceptors (Lipinski definition) is 4. The maximum absolute atomic E-state index is 12.4. The van der Waals surface area contributed by atoms with Crippen molar-refractivity contribution >= 4 is 5.91 Å². The Morgan fingerprint density at radius 1 is 1.29 bits per heavy atom. The second-order valence-corrected chi connectivity index (χ2v) is 7.38. The number of nitrogens with zero attached hydrogens (tertiary/aromatic N) is 3. The second kappa shape index (κ2) is 7.66. The van der Waals surface area contributed by atoms with Crippen molar-refractivity contribution in [3.05, 3.63) is 18.2 Å². The lowest BCUT2D eigenvalue weighted by atomic mass is 9.90. The molecule has 1 aromatic rings. The maximum Gasteiger partial charge on any atom is 0.237 e. The fourth-order valence-electron chi connectivity index (χ4n) is 4.05. The Labute approximate surface area is 144 Å². The molecular weight excluding hydrogens is 304 g/mol. The highest BCUT2D eigenvalue weighted by molar-refractivity contribution is 5.81. The molecule has 3 rings (SSSR count). The van der Waals surface area contributed by atoms with Crippen LogP contribution in [0.2, 0.25) is 0 Å². The van der Waals surface area contributed by atoms with E-state index in [9.17, 15) is 9.90 Å². The first-order valence-electron chi connectivity index (χ1n) is 9.26. The van der Waals surface area contributed by atoms with Crippen LogP contribution < -0.4 is 5.32 Å². The van der Waals surface area contributed by atoms with Crippen LogP contribution in [0.4, 0.5) is 0 Å². The van der Waals surface area contributed by atoms with Crippen molar-refractivity contribution in [2.75, 3.05) is 13.1 Å². The number of piperidine rings is 1. The number of aromatic nitrogens is 2. The summed E-state index contributed by atoms with van der Waals surface area (Å²) >= 11 is 0. The summed E-state index contributed by atoms with van der Waals surface area (Å²) in [6.45, 7) is 3.70. The first-order valence-corrected chi connectivity index (χ1v) is 9.26. The van der Waals surface area contributed by atoms with Crippen molar-refractivity contribution in [2.24, 2.45) is 13.0 Å². The van der Waals surface area contributed by atoms with Crippen LogP contribution in [-0.4, -0.2) is 50.6 Å². The molecule has 6 heteroatoms. The summed E-state index contributed by atoms with van der Waals surface area (Å²) in [4.78, 5) is 18.9. The lowest BCUT2D eigenvalue weighted by molar-refractivity contribution is -0.127. The third kappa shape index (κ3) is 3.81. The van der Waals surface area contributed by atoms with Gasteiger partial charge in [-0.05, 0) is 51.6 Å². The Bertz CT molecular complexity index is 545. The quantitative estimate of drug-likeness (QED) is 0.858. The zero-order valence-corrected chi connectivity index (χ0v) is 14.8. The molecule has 6 nitrogen and oxygen atoms in total. The van der Waals surface area contributed by atoms with Crippen molar-refractivity contribution in [2.45, 2.75) is 63.6 Å². The summed E-state index contributed by atoms with van der Waals surface area (Å²) in [5.74, 6) is 1.11. The van der Waals surface area contributed by atoms with Gasteiger partial charge in [0.25, 0.3) is 0 Å². The lowest BCUT2D eigenvalue weighted by Gasteiger charge is -2.37. The number of hydrogen-bond donors (Lipinski definition) is 2. The molecule has 2 heterocycles. The van der Waals surface area contributed by atoms with Gasteiger partial charge in [-0.3, -0.25) is 9.69 Å². The van der Waals surface area contributed by atoms with E-state index in [4.69, 9.17) is 0 Å². The molecule has 0 aromatic carbocycles. The fraction of sp³-hybridized carbons (Fsp3) is 0.778. The Morgan fingerprint density at radius 3 is 2.54 bits per heavy atom. The third-order valence-electron chi connectivity index (χ3n) is 5.77. The van der Waals surface area contributed by atoms with Crippen molar-refractivity contribution in [3.8, 4) is 0 Å². The molecule has 134 valence electrons. The smallest absolute Gasteiger partial charge is 0.237 e. The molecule has 1 amide bonds. The molecular formula is C18H30N4O2. The number of nitrogens with one attached hydrogen (secondary N) is 1. The monoisotopic (exact) mass is 334 g/mol. The number of aliphatic hydroxyl groups excluding tert-OH is 1. The standard InChI is InChI=1S/C18H30N4O2/c1-13(18(24)20-15-5-3-4-6-15)22-10-7-14(8-11-22)16(23)17-19-9-12-21(17)2/h9,12-16,23H,3-8,10-11H2,1-2H3,(H,20,24). The van der Waals surface area contributed by atoms with E-state index in [0.29, 0.717) is 6.04 Å². The molecule has 2 unspecified atom stereocenters. The predicted molar refractivity (Wildman–Crippen MR) is 92.3 cm³/mol. The summed E-state index contributed by atoms with van der Waals surface area (Å²) in [5, 5.41) is 13.8. The Balaban J connectivity index is 1.49. The zero-order chi connectivity index (χ0) is 17.1. The van der Waals surface area contributed by atoms with Gasteiger partial charge in [0.05, 0.1) is 6.04 Å². The summed E-state index contributed by atoms with van der Waals surface area (Å²) < 4.78 is 1.88. The number of aliphatic hydroxyl groups is 1. The van der Waals surface area contributed by atoms with E-state index in [1.807, 2.05) is 24.7 Å². The topological polar surface area (TPSA) is 70.4 Å². The van der Waals surface area contributed by atoms with Gasteiger partial charge in [-0.15, -0.1) is 0 Å². The van der Waals surface area contributed by atoms with Crippen LogP contribution in [0.25, 0.3) is 0 Å². The first kappa shape index (κ1) is 17.4. The average molecular weight is 334 g/mol. The number of rotatable bonds is 5. The highest BCUT2D eigenvalue weighted by Gasteiger charge is 2.32. The number of carbonyl (C=O) groups excluding carboxylic acids is 1. The summed E-state index contributed by atoms with van der Waals surface area (Å²) in [6, 6.07) is 0.291. The molecule has 0 bridgehead atoms. The summed E-state index contributed by atoms with van der Waals surface area (Å²) in [7, 11) is 1.91. The Morgan fingerprint density at radius 2 is 1.96 bits per heavy atom. The normalized spacial score (nSPS) is 23.3. The fourth-order valence-corrected chi connectivity index (χ4v) is 4.05. The molecule has 1 aliphatic carbocycles. The molecule has 2 fully saturated rings. The molecule has 24 heavy (non-hydrogen) atoms. The van der Waals surface area contributed by atoms with Crippen LogP contribution in [0.3, 0.4) is 0 Å². The third-order valence-corrected chi connectivity index (χ3v) is 5.77. The van der Waals surface area contributed by atoms with Gasteiger partial charge >= 0.3 is 0 Å². The van der Waals surface area contributed by atoms with E-state index in [-0.39, 0.29) is 17.9 Å². The van der Waals surface area contributed by atoms with E-state index in [1.54, 1.807) is 6.20 Å². The second-order valence-electron chi connectivity index (χ2n) is 7.38. The SMILES string of the molecule is CC(C(=O)NC1CCCC1)N1CCC(C(O)c2nccn2C)CC1. The van der Waals surface area contributed by atoms with Crippen LogP contribution in [0, 0.1) is 5.92 Å². The van der Waals surface area contributed by atoms with Crippen molar-refractivity contribution < 1.29 is 9.90 Å². The molecule has 0 spiro atoms. The number of likely N-dealkylation sites (tertiary alicyclic amines) is 1. The van der Waals surface area contributed by atoms with E-state index >= 15 is 0 Å². The van der Waals surface area contributed by atoms with Gasteiger partial charge in [-0.2, -0.15) is 0 Å². The molecule has 1 saturated heterocycles. The minimum Gasteiger partial charge on any atom is -0.385 e.